The van der Waals surface area contributed by atoms with E-state index in [1.165, 1.54) is 16.7 Å². The van der Waals surface area contributed by atoms with Crippen LogP contribution in [0.4, 0.5) is 0 Å². The highest BCUT2D eigenvalue weighted by atomic mass is 14.9. The van der Waals surface area contributed by atoms with E-state index in [-0.39, 0.29) is 6.04 Å². The third-order valence-electron chi connectivity index (χ3n) is 2.65. The first kappa shape index (κ1) is 11.8. The molecule has 1 unspecified atom stereocenters. The summed E-state index contributed by atoms with van der Waals surface area (Å²) in [5.41, 5.74) is 3.96. The second-order valence-corrected chi connectivity index (χ2v) is 3.94. The molecule has 0 aliphatic carbocycles. The number of nitrogens with one attached hydrogen (secondary N) is 1. The molecule has 0 radical (unpaired) electrons. The lowest BCUT2D eigenvalue weighted by atomic mass is 10.1. The first-order chi connectivity index (χ1) is 7.17. The molecule has 0 fully saturated rings. The van der Waals surface area contributed by atoms with Gasteiger partial charge in [-0.3, -0.25) is 5.32 Å². The maximum absolute atomic E-state index is 5.40. The number of aryl methyl sites for hydroxylation is 2. The van der Waals surface area contributed by atoms with Gasteiger partial charge in [0.15, 0.2) is 0 Å². The summed E-state index contributed by atoms with van der Waals surface area (Å²) in [7, 11) is 0. The topological polar surface area (TPSA) is 12.0 Å². The summed E-state index contributed by atoms with van der Waals surface area (Å²) < 4.78 is 0. The van der Waals surface area contributed by atoms with E-state index in [1.807, 2.05) is 0 Å². The Morgan fingerprint density at radius 1 is 1.40 bits per heavy atom. The lowest BCUT2D eigenvalue weighted by Gasteiger charge is -2.12. The van der Waals surface area contributed by atoms with E-state index in [2.05, 4.69) is 50.2 Å². The molecule has 1 aromatic rings. The number of rotatable bonds is 4. The van der Waals surface area contributed by atoms with Crippen LogP contribution in [-0.4, -0.2) is 6.04 Å². The second kappa shape index (κ2) is 5.58. The van der Waals surface area contributed by atoms with Gasteiger partial charge in [-0.2, -0.15) is 0 Å². The summed E-state index contributed by atoms with van der Waals surface area (Å²) in [5.74, 6) is 2.74. The van der Waals surface area contributed by atoms with Gasteiger partial charge in [-0.15, -0.1) is 6.42 Å². The van der Waals surface area contributed by atoms with Gasteiger partial charge in [0.05, 0.1) is 6.04 Å². The van der Waals surface area contributed by atoms with Crippen molar-refractivity contribution in [2.75, 3.05) is 0 Å². The van der Waals surface area contributed by atoms with Crippen molar-refractivity contribution in [3.05, 3.63) is 34.9 Å². The Morgan fingerprint density at radius 3 is 2.67 bits per heavy atom. The predicted octanol–water partition coefficient (Wildman–Crippen LogP) is 2.80. The van der Waals surface area contributed by atoms with Crippen LogP contribution in [0.2, 0.25) is 0 Å². The Morgan fingerprint density at radius 2 is 2.13 bits per heavy atom. The normalized spacial score (nSPS) is 12.1. The molecule has 0 aromatic heterocycles. The lowest BCUT2D eigenvalue weighted by molar-refractivity contribution is 0.591. The molecule has 1 N–H and O–H groups in total. The van der Waals surface area contributed by atoms with Crippen LogP contribution in [0.5, 0.6) is 0 Å². The molecule has 0 spiro atoms. The smallest absolute Gasteiger partial charge is 0.0686 e. The van der Waals surface area contributed by atoms with Crippen molar-refractivity contribution in [1.29, 1.82) is 0 Å². The summed E-state index contributed by atoms with van der Waals surface area (Å²) >= 11 is 0. The average Bonchev–Trinajstić information content (AvgIpc) is 2.22. The van der Waals surface area contributed by atoms with Gasteiger partial charge in [0.2, 0.25) is 0 Å². The molecule has 0 bridgehead atoms. The SMILES string of the molecule is C#CC(CC)NCc1ccc(C)cc1C. The van der Waals surface area contributed by atoms with Gasteiger partial charge in [-0.05, 0) is 31.4 Å². The largest absolute Gasteiger partial charge is 0.300 e. The minimum Gasteiger partial charge on any atom is -0.300 e. The Bertz CT molecular complexity index is 360. The Kier molecular flexibility index (Phi) is 4.39. The zero-order valence-corrected chi connectivity index (χ0v) is 9.80. The minimum atomic E-state index is 0.186. The zero-order chi connectivity index (χ0) is 11.3. The number of hydrogen-bond acceptors (Lipinski definition) is 1. The quantitative estimate of drug-likeness (QED) is 0.739. The number of benzene rings is 1. The van der Waals surface area contributed by atoms with Gasteiger partial charge in [-0.1, -0.05) is 36.6 Å². The van der Waals surface area contributed by atoms with Crippen molar-refractivity contribution in [2.45, 2.75) is 39.8 Å². The molecule has 1 heteroatoms. The molecule has 0 saturated carbocycles. The van der Waals surface area contributed by atoms with Crippen LogP contribution in [0.25, 0.3) is 0 Å². The first-order valence-electron chi connectivity index (χ1n) is 5.43. The molecule has 1 aromatic carbocycles. The van der Waals surface area contributed by atoms with Gasteiger partial charge in [0.1, 0.15) is 0 Å². The van der Waals surface area contributed by atoms with Crippen molar-refractivity contribution in [3.8, 4) is 12.3 Å². The van der Waals surface area contributed by atoms with Crippen molar-refractivity contribution in [1.82, 2.24) is 5.32 Å². The van der Waals surface area contributed by atoms with Crippen LogP contribution >= 0.6 is 0 Å². The minimum absolute atomic E-state index is 0.186. The fraction of sp³-hybridized carbons (Fsp3) is 0.429. The highest BCUT2D eigenvalue weighted by Crippen LogP contribution is 2.10. The maximum Gasteiger partial charge on any atom is 0.0686 e. The molecule has 80 valence electrons. The van der Waals surface area contributed by atoms with Crippen molar-refractivity contribution in [2.24, 2.45) is 0 Å². The third kappa shape index (κ3) is 3.42. The Labute approximate surface area is 92.9 Å². The van der Waals surface area contributed by atoms with Crippen LogP contribution < -0.4 is 5.32 Å². The standard InChI is InChI=1S/C14H19N/c1-5-14(6-2)15-10-13-8-7-11(3)9-12(13)4/h1,7-9,14-15H,6,10H2,2-4H3. The molecule has 0 heterocycles. The van der Waals surface area contributed by atoms with Crippen molar-refractivity contribution >= 4 is 0 Å². The van der Waals surface area contributed by atoms with E-state index >= 15 is 0 Å². The lowest BCUT2D eigenvalue weighted by Crippen LogP contribution is -2.26. The van der Waals surface area contributed by atoms with Gasteiger partial charge in [0, 0.05) is 6.54 Å². The number of hydrogen-bond donors (Lipinski definition) is 1. The molecular formula is C14H19N. The summed E-state index contributed by atoms with van der Waals surface area (Å²) in [5, 5.41) is 3.36. The predicted molar refractivity (Wildman–Crippen MR) is 65.7 cm³/mol. The fourth-order valence-electron chi connectivity index (χ4n) is 1.60. The summed E-state index contributed by atoms with van der Waals surface area (Å²) in [6.07, 6.45) is 6.37. The monoisotopic (exact) mass is 201 g/mol. The first-order valence-corrected chi connectivity index (χ1v) is 5.43. The molecule has 1 rings (SSSR count). The summed E-state index contributed by atoms with van der Waals surface area (Å²) in [6.45, 7) is 7.20. The fourth-order valence-corrected chi connectivity index (χ4v) is 1.60. The summed E-state index contributed by atoms with van der Waals surface area (Å²) in [6, 6.07) is 6.70. The van der Waals surface area contributed by atoms with Crippen LogP contribution in [0, 0.1) is 26.2 Å². The van der Waals surface area contributed by atoms with Crippen LogP contribution in [0.3, 0.4) is 0 Å². The molecular weight excluding hydrogens is 182 g/mol. The molecule has 0 saturated heterocycles. The van der Waals surface area contributed by atoms with E-state index < -0.39 is 0 Å². The van der Waals surface area contributed by atoms with E-state index in [1.54, 1.807) is 0 Å². The van der Waals surface area contributed by atoms with Crippen LogP contribution in [-0.2, 0) is 6.54 Å². The van der Waals surface area contributed by atoms with E-state index in [9.17, 15) is 0 Å². The Balaban J connectivity index is 2.62. The van der Waals surface area contributed by atoms with Gasteiger partial charge >= 0.3 is 0 Å². The molecule has 0 aliphatic heterocycles. The highest BCUT2D eigenvalue weighted by Gasteiger charge is 2.02. The number of terminal acetylenes is 1. The van der Waals surface area contributed by atoms with Crippen molar-refractivity contribution < 1.29 is 0 Å². The van der Waals surface area contributed by atoms with E-state index in [4.69, 9.17) is 6.42 Å². The van der Waals surface area contributed by atoms with Crippen molar-refractivity contribution in [3.63, 3.8) is 0 Å². The van der Waals surface area contributed by atoms with Gasteiger partial charge < -0.3 is 0 Å². The molecule has 1 nitrogen and oxygen atoms in total. The second-order valence-electron chi connectivity index (χ2n) is 3.94. The molecule has 0 amide bonds. The molecule has 0 aliphatic rings. The third-order valence-corrected chi connectivity index (χ3v) is 2.65. The van der Waals surface area contributed by atoms with Gasteiger partial charge in [0.25, 0.3) is 0 Å². The summed E-state index contributed by atoms with van der Waals surface area (Å²) in [4.78, 5) is 0. The Hall–Kier alpha value is -1.26. The van der Waals surface area contributed by atoms with Crippen LogP contribution in [0.15, 0.2) is 18.2 Å². The van der Waals surface area contributed by atoms with Crippen LogP contribution in [0.1, 0.15) is 30.0 Å². The van der Waals surface area contributed by atoms with E-state index in [0.717, 1.165) is 13.0 Å². The van der Waals surface area contributed by atoms with Gasteiger partial charge in [-0.25, -0.2) is 0 Å². The van der Waals surface area contributed by atoms with E-state index in [0.29, 0.717) is 0 Å². The maximum atomic E-state index is 5.40. The molecule has 1 atom stereocenters. The zero-order valence-electron chi connectivity index (χ0n) is 9.80. The average molecular weight is 201 g/mol. The molecule has 15 heavy (non-hydrogen) atoms. The highest BCUT2D eigenvalue weighted by molar-refractivity contribution is 5.30.